The number of ether oxygens (including phenoxy) is 1. The molecule has 0 saturated heterocycles. The summed E-state index contributed by atoms with van der Waals surface area (Å²) in [4.78, 5) is 33.6. The quantitative estimate of drug-likeness (QED) is 0.606. The molecule has 0 aliphatic rings. The zero-order valence-corrected chi connectivity index (χ0v) is 6.94. The summed E-state index contributed by atoms with van der Waals surface area (Å²) in [7, 11) is 1.18. The van der Waals surface area contributed by atoms with Gasteiger partial charge in [0.05, 0.1) is 7.11 Å². The molecule has 0 fully saturated rings. The summed E-state index contributed by atoms with van der Waals surface area (Å²) >= 11 is 0.639. The third kappa shape index (κ3) is 1.79. The van der Waals surface area contributed by atoms with Crippen LogP contribution in [0.2, 0.25) is 0 Å². The van der Waals surface area contributed by atoms with E-state index in [0.717, 1.165) is 6.07 Å². The van der Waals surface area contributed by atoms with Crippen molar-refractivity contribution in [2.24, 2.45) is 0 Å². The van der Waals surface area contributed by atoms with Gasteiger partial charge in [0.25, 0.3) is 5.56 Å². The monoisotopic (exact) mass is 187 g/mol. The van der Waals surface area contributed by atoms with Crippen molar-refractivity contribution >= 4 is 17.3 Å². The van der Waals surface area contributed by atoms with E-state index < -0.39 is 16.4 Å². The maximum Gasteiger partial charge on any atom is 0.348 e. The van der Waals surface area contributed by atoms with Gasteiger partial charge in [-0.3, -0.25) is 14.6 Å². The number of H-pyrrole nitrogens is 1. The first-order valence-electron chi connectivity index (χ1n) is 2.96. The van der Waals surface area contributed by atoms with Crippen molar-refractivity contribution in [2.75, 3.05) is 7.11 Å². The fourth-order valence-corrected chi connectivity index (χ4v) is 1.30. The Kier molecular flexibility index (Phi) is 2.39. The second kappa shape index (κ2) is 3.31. The molecule has 0 bridgehead atoms. The van der Waals surface area contributed by atoms with Gasteiger partial charge in [0, 0.05) is 6.07 Å². The van der Waals surface area contributed by atoms with Gasteiger partial charge in [0.15, 0.2) is 0 Å². The lowest BCUT2D eigenvalue weighted by molar-refractivity contribution is 0.0606. The molecule has 64 valence electrons. The van der Waals surface area contributed by atoms with Gasteiger partial charge < -0.3 is 4.74 Å². The molecular formula is C6H5NO4S. The smallest absolute Gasteiger partial charge is 0.348 e. The summed E-state index contributed by atoms with van der Waals surface area (Å²) in [5, 5.41) is 0. The number of aromatic nitrogens is 1. The van der Waals surface area contributed by atoms with Crippen LogP contribution in [0.5, 0.6) is 0 Å². The van der Waals surface area contributed by atoms with Gasteiger partial charge in [-0.2, -0.15) is 0 Å². The SMILES string of the molecule is COC(=O)c1cc(=O)[nH]c(=O)s1. The Hall–Kier alpha value is -1.43. The van der Waals surface area contributed by atoms with E-state index >= 15 is 0 Å². The molecule has 0 aliphatic heterocycles. The lowest BCUT2D eigenvalue weighted by Gasteiger charge is -1.93. The predicted molar refractivity (Wildman–Crippen MR) is 42.5 cm³/mol. The zero-order chi connectivity index (χ0) is 9.14. The molecule has 6 heteroatoms. The predicted octanol–water partition coefficient (Wildman–Crippen LogP) is -0.417. The Morgan fingerprint density at radius 3 is 2.75 bits per heavy atom. The van der Waals surface area contributed by atoms with Crippen LogP contribution in [-0.4, -0.2) is 18.1 Å². The maximum absolute atomic E-state index is 10.8. The van der Waals surface area contributed by atoms with Crippen LogP contribution < -0.4 is 10.4 Å². The summed E-state index contributed by atoms with van der Waals surface area (Å²) in [5.41, 5.74) is -0.598. The summed E-state index contributed by atoms with van der Waals surface area (Å²) in [6.07, 6.45) is 0. The molecule has 0 atom stereocenters. The second-order valence-corrected chi connectivity index (χ2v) is 2.89. The van der Waals surface area contributed by atoms with Crippen molar-refractivity contribution in [3.8, 4) is 0 Å². The highest BCUT2D eigenvalue weighted by Gasteiger charge is 2.07. The molecule has 0 radical (unpaired) electrons. The molecule has 0 aromatic carbocycles. The molecule has 0 saturated carbocycles. The summed E-state index contributed by atoms with van der Waals surface area (Å²) in [5.74, 6) is -0.678. The number of methoxy groups -OCH3 is 1. The van der Waals surface area contributed by atoms with Crippen molar-refractivity contribution in [3.05, 3.63) is 31.0 Å². The fourth-order valence-electron chi connectivity index (χ4n) is 0.612. The van der Waals surface area contributed by atoms with Crippen molar-refractivity contribution < 1.29 is 9.53 Å². The molecule has 5 nitrogen and oxygen atoms in total. The fraction of sp³-hybridized carbons (Fsp3) is 0.167. The standard InChI is InChI=1S/C6H5NO4S/c1-11-5(9)3-2-4(8)7-6(10)12-3/h2H,1H3,(H,7,8,10). The molecule has 0 spiro atoms. The number of hydrogen-bond donors (Lipinski definition) is 1. The highest BCUT2D eigenvalue weighted by molar-refractivity contribution is 7.11. The number of esters is 1. The van der Waals surface area contributed by atoms with Crippen LogP contribution in [-0.2, 0) is 4.74 Å². The average Bonchev–Trinajstić information content (AvgIpc) is 2.01. The Bertz CT molecular complexity index is 376. The average molecular weight is 187 g/mol. The number of nitrogens with one attached hydrogen (secondary N) is 1. The molecule has 0 unspecified atom stereocenters. The van der Waals surface area contributed by atoms with Crippen LogP contribution in [0.15, 0.2) is 15.7 Å². The Labute approximate surface area is 70.6 Å². The number of aromatic amines is 1. The lowest BCUT2D eigenvalue weighted by atomic mass is 10.5. The summed E-state index contributed by atoms with van der Waals surface area (Å²) in [6.45, 7) is 0. The highest BCUT2D eigenvalue weighted by atomic mass is 32.1. The van der Waals surface area contributed by atoms with Crippen molar-refractivity contribution in [1.29, 1.82) is 0 Å². The van der Waals surface area contributed by atoms with Crippen LogP contribution in [0.4, 0.5) is 0 Å². The molecule has 1 rings (SSSR count). The van der Waals surface area contributed by atoms with Gasteiger partial charge in [-0.15, -0.1) is 0 Å². The first-order chi connectivity index (χ1) is 5.63. The van der Waals surface area contributed by atoms with E-state index in [2.05, 4.69) is 4.74 Å². The first kappa shape index (κ1) is 8.66. The molecule has 12 heavy (non-hydrogen) atoms. The van der Waals surface area contributed by atoms with Crippen molar-refractivity contribution in [1.82, 2.24) is 4.98 Å². The van der Waals surface area contributed by atoms with Gasteiger partial charge >= 0.3 is 10.8 Å². The van der Waals surface area contributed by atoms with E-state index in [1.54, 1.807) is 0 Å². The third-order valence-corrected chi connectivity index (χ3v) is 1.87. The van der Waals surface area contributed by atoms with Gasteiger partial charge in [0.2, 0.25) is 0 Å². The minimum atomic E-state index is -0.678. The lowest BCUT2D eigenvalue weighted by Crippen LogP contribution is -2.18. The van der Waals surface area contributed by atoms with Crippen LogP contribution in [0.1, 0.15) is 9.67 Å². The van der Waals surface area contributed by atoms with Gasteiger partial charge in [0.1, 0.15) is 4.88 Å². The van der Waals surface area contributed by atoms with Gasteiger partial charge in [-0.25, -0.2) is 4.79 Å². The molecule has 1 heterocycles. The van der Waals surface area contributed by atoms with E-state index in [1.165, 1.54) is 7.11 Å². The van der Waals surface area contributed by atoms with E-state index in [1.807, 2.05) is 4.98 Å². The number of hydrogen-bond acceptors (Lipinski definition) is 5. The largest absolute Gasteiger partial charge is 0.465 e. The van der Waals surface area contributed by atoms with E-state index in [-0.39, 0.29) is 4.88 Å². The molecule has 0 aliphatic carbocycles. The number of carbonyl (C=O) groups is 1. The topological polar surface area (TPSA) is 76.2 Å². The maximum atomic E-state index is 10.8. The van der Waals surface area contributed by atoms with Gasteiger partial charge in [-0.1, -0.05) is 11.3 Å². The highest BCUT2D eigenvalue weighted by Crippen LogP contribution is 1.98. The van der Waals surface area contributed by atoms with Crippen LogP contribution in [0.3, 0.4) is 0 Å². The van der Waals surface area contributed by atoms with Crippen LogP contribution in [0, 0.1) is 0 Å². The van der Waals surface area contributed by atoms with E-state index in [0.29, 0.717) is 11.3 Å². The Balaban J connectivity index is 3.27. The summed E-state index contributed by atoms with van der Waals surface area (Å²) < 4.78 is 4.33. The number of rotatable bonds is 1. The second-order valence-electron chi connectivity index (χ2n) is 1.88. The van der Waals surface area contributed by atoms with Gasteiger partial charge in [-0.05, 0) is 0 Å². The molecular weight excluding hydrogens is 182 g/mol. The van der Waals surface area contributed by atoms with Crippen molar-refractivity contribution in [2.45, 2.75) is 0 Å². The van der Waals surface area contributed by atoms with E-state index in [9.17, 15) is 14.4 Å². The molecule has 0 amide bonds. The minimum absolute atomic E-state index is 0.00579. The number of carbonyl (C=O) groups excluding carboxylic acids is 1. The third-order valence-electron chi connectivity index (χ3n) is 1.08. The molecule has 1 aromatic heterocycles. The zero-order valence-electron chi connectivity index (χ0n) is 6.12. The van der Waals surface area contributed by atoms with Crippen molar-refractivity contribution in [3.63, 3.8) is 0 Å². The van der Waals surface area contributed by atoms with Crippen LogP contribution in [0.25, 0.3) is 0 Å². The normalized spacial score (nSPS) is 9.42. The summed E-state index contributed by atoms with van der Waals surface area (Å²) in [6, 6.07) is 1.03. The first-order valence-corrected chi connectivity index (χ1v) is 3.78. The Morgan fingerprint density at radius 2 is 2.25 bits per heavy atom. The molecule has 1 N–H and O–H groups in total. The van der Waals surface area contributed by atoms with Crippen LogP contribution >= 0.6 is 11.3 Å². The molecule has 1 aromatic rings. The minimum Gasteiger partial charge on any atom is -0.465 e. The van der Waals surface area contributed by atoms with E-state index in [4.69, 9.17) is 0 Å². The Morgan fingerprint density at radius 1 is 1.58 bits per heavy atom.